The summed E-state index contributed by atoms with van der Waals surface area (Å²) in [6, 6.07) is 0. The Kier molecular flexibility index (Phi) is 1.92. The predicted octanol–water partition coefficient (Wildman–Crippen LogP) is 4.71. The molecule has 3 fully saturated rings. The number of rotatable bonds is 0. The highest BCUT2D eigenvalue weighted by molar-refractivity contribution is 6.53. The Morgan fingerprint density at radius 1 is 0.842 bits per heavy atom. The summed E-state index contributed by atoms with van der Waals surface area (Å²) >= 11 is 39.8. The van der Waals surface area contributed by atoms with Crippen molar-refractivity contribution in [3.8, 4) is 0 Å². The van der Waals surface area contributed by atoms with Crippen LogP contribution in [-0.4, -0.2) is 29.6 Å². The van der Waals surface area contributed by atoms with Crippen LogP contribution in [0.1, 0.15) is 25.7 Å². The molecular weight excluding hydrogens is 373 g/mol. The average Bonchev–Trinajstić information content (AvgIpc) is 3.16. The molecule has 0 aromatic heterocycles. The van der Waals surface area contributed by atoms with Crippen molar-refractivity contribution < 1.29 is 4.74 Å². The molecule has 1 nitrogen and oxygen atoms in total. The molecule has 1 aliphatic heterocycles. The molecule has 1 saturated heterocycles. The highest BCUT2D eigenvalue weighted by atomic mass is 35.5. The van der Waals surface area contributed by atoms with Gasteiger partial charge in [-0.05, 0) is 31.3 Å². The average molecular weight is 381 g/mol. The molecular formula is C12H8Cl6O. The second kappa shape index (κ2) is 2.82. The molecule has 104 valence electrons. The fourth-order valence-electron chi connectivity index (χ4n) is 4.27. The van der Waals surface area contributed by atoms with Gasteiger partial charge in [0.2, 0.25) is 5.06 Å². The molecule has 6 unspecified atom stereocenters. The van der Waals surface area contributed by atoms with Crippen LogP contribution in [0.2, 0.25) is 0 Å². The first kappa shape index (κ1) is 12.9. The van der Waals surface area contributed by atoms with Crippen molar-refractivity contribution in [2.75, 3.05) is 0 Å². The smallest absolute Gasteiger partial charge is 0.210 e. The largest absolute Gasteiger partial charge is 0.325 e. The predicted molar refractivity (Wildman–Crippen MR) is 78.1 cm³/mol. The van der Waals surface area contributed by atoms with Crippen LogP contribution in [0.15, 0.2) is 11.1 Å². The molecule has 0 bridgehead atoms. The number of halogens is 6. The number of ether oxygens (including phenoxy) is 1. The summed E-state index contributed by atoms with van der Waals surface area (Å²) in [5, 5.41) is -1.91. The fourth-order valence-corrected chi connectivity index (χ4v) is 7.62. The maximum Gasteiger partial charge on any atom is 0.210 e. The zero-order valence-electron chi connectivity index (χ0n) is 9.50. The van der Waals surface area contributed by atoms with E-state index in [1.165, 1.54) is 0 Å². The van der Waals surface area contributed by atoms with Crippen molar-refractivity contribution in [1.82, 2.24) is 0 Å². The molecule has 6 atom stereocenters. The van der Waals surface area contributed by atoms with E-state index >= 15 is 0 Å². The van der Waals surface area contributed by atoms with Gasteiger partial charge in [0, 0.05) is 5.57 Å². The molecule has 0 aromatic carbocycles. The van der Waals surface area contributed by atoms with Gasteiger partial charge >= 0.3 is 0 Å². The first-order valence-electron chi connectivity index (χ1n) is 6.16. The van der Waals surface area contributed by atoms with Gasteiger partial charge in [0.1, 0.15) is 0 Å². The second-order valence-electron chi connectivity index (χ2n) is 6.34. The fraction of sp³-hybridized carbons (Fsp3) is 0.833. The van der Waals surface area contributed by atoms with Crippen LogP contribution >= 0.6 is 69.6 Å². The zero-order valence-corrected chi connectivity index (χ0v) is 14.0. The van der Waals surface area contributed by atoms with Crippen LogP contribution in [0, 0.1) is 0 Å². The van der Waals surface area contributed by atoms with E-state index in [0.29, 0.717) is 25.7 Å². The van der Waals surface area contributed by atoms with Gasteiger partial charge in [-0.1, -0.05) is 23.2 Å². The van der Waals surface area contributed by atoms with Gasteiger partial charge in [0.15, 0.2) is 5.06 Å². The zero-order chi connectivity index (χ0) is 13.7. The summed E-state index contributed by atoms with van der Waals surface area (Å²) in [5.41, 5.74) is 1.81. The van der Waals surface area contributed by atoms with Crippen molar-refractivity contribution >= 4 is 69.6 Å². The number of alkyl halides is 6. The normalized spacial score (nSPS) is 71.7. The van der Waals surface area contributed by atoms with Crippen molar-refractivity contribution in [2.24, 2.45) is 0 Å². The monoisotopic (exact) mass is 378 g/mol. The third-order valence-electron chi connectivity index (χ3n) is 5.54. The maximum atomic E-state index is 6.75. The van der Waals surface area contributed by atoms with Crippen LogP contribution in [0.4, 0.5) is 0 Å². The van der Waals surface area contributed by atoms with E-state index in [1.54, 1.807) is 0 Å². The third-order valence-corrected chi connectivity index (χ3v) is 9.92. The van der Waals surface area contributed by atoms with E-state index in [9.17, 15) is 0 Å². The van der Waals surface area contributed by atoms with Crippen LogP contribution < -0.4 is 0 Å². The summed E-state index contributed by atoms with van der Waals surface area (Å²) in [7, 11) is 0. The van der Waals surface area contributed by atoms with Gasteiger partial charge in [-0.3, -0.25) is 0 Å². The van der Waals surface area contributed by atoms with Gasteiger partial charge < -0.3 is 4.74 Å². The lowest BCUT2D eigenvalue weighted by Gasteiger charge is -2.38. The van der Waals surface area contributed by atoms with E-state index in [1.807, 2.05) is 0 Å². The summed E-state index contributed by atoms with van der Waals surface area (Å²) in [5.74, 6) is 0. The highest BCUT2D eigenvalue weighted by Crippen LogP contribution is 2.89. The molecule has 7 heteroatoms. The molecule has 5 rings (SSSR count). The Bertz CT molecular complexity index is 603. The molecule has 1 heterocycles. The van der Waals surface area contributed by atoms with Crippen molar-refractivity contribution in [3.63, 3.8) is 0 Å². The van der Waals surface area contributed by atoms with Gasteiger partial charge in [-0.2, -0.15) is 0 Å². The number of hydrogen-bond acceptors (Lipinski definition) is 1. The highest BCUT2D eigenvalue weighted by Gasteiger charge is 2.95. The molecule has 4 aliphatic carbocycles. The lowest BCUT2D eigenvalue weighted by molar-refractivity contribution is 0.344. The summed E-state index contributed by atoms with van der Waals surface area (Å²) in [4.78, 5) is -2.81. The third kappa shape index (κ3) is 0.986. The molecule has 0 amide bonds. The van der Waals surface area contributed by atoms with Crippen molar-refractivity contribution in [3.05, 3.63) is 11.1 Å². The quantitative estimate of drug-likeness (QED) is 0.337. The molecule has 0 spiro atoms. The second-order valence-corrected chi connectivity index (χ2v) is 10.1. The Morgan fingerprint density at radius 2 is 1.42 bits per heavy atom. The van der Waals surface area contributed by atoms with E-state index in [-0.39, 0.29) is 0 Å². The Morgan fingerprint density at radius 3 is 2.11 bits per heavy atom. The van der Waals surface area contributed by atoms with Crippen LogP contribution in [-0.2, 0) is 4.74 Å². The molecule has 19 heavy (non-hydrogen) atoms. The van der Waals surface area contributed by atoms with Crippen LogP contribution in [0.25, 0.3) is 0 Å². The lowest BCUT2D eigenvalue weighted by atomic mass is 9.80. The summed E-state index contributed by atoms with van der Waals surface area (Å²) in [6.07, 6.45) is 2.53. The van der Waals surface area contributed by atoms with E-state index in [0.717, 1.165) is 11.1 Å². The standard InChI is InChI=1S/C12H8Cl6O/c13-7-3-9(7,15)10(16)4-8(10,14)6-5(7)1-2-11(17)12(6,18)19-11/h1-4H2. The number of hydrogen-bond donors (Lipinski definition) is 0. The number of allylic oxidation sites excluding steroid dienone is 1. The molecule has 5 aliphatic rings. The number of fused-ring (bicyclic) bond motifs is 7. The summed E-state index contributed by atoms with van der Waals surface area (Å²) < 4.78 is 5.60. The Labute approximate surface area is 140 Å². The van der Waals surface area contributed by atoms with Crippen molar-refractivity contribution in [1.29, 1.82) is 0 Å². The van der Waals surface area contributed by atoms with E-state index in [4.69, 9.17) is 74.3 Å². The molecule has 0 radical (unpaired) electrons. The molecule has 2 saturated carbocycles. The van der Waals surface area contributed by atoms with Gasteiger partial charge in [-0.15, -0.1) is 46.4 Å². The SMILES string of the molecule is ClC12CCC3=C(C4(Cl)CC4(Cl)C4(Cl)CC34Cl)C1(Cl)O2. The minimum atomic E-state index is -1.05. The minimum absolute atomic E-state index is 0.560. The lowest BCUT2D eigenvalue weighted by Crippen LogP contribution is -2.46. The molecule has 0 aromatic rings. The minimum Gasteiger partial charge on any atom is -0.325 e. The topological polar surface area (TPSA) is 12.5 Å². The maximum absolute atomic E-state index is 6.75. The van der Waals surface area contributed by atoms with Crippen LogP contribution in [0.5, 0.6) is 0 Å². The van der Waals surface area contributed by atoms with Gasteiger partial charge in [0.25, 0.3) is 0 Å². The van der Waals surface area contributed by atoms with Gasteiger partial charge in [-0.25, -0.2) is 0 Å². The van der Waals surface area contributed by atoms with E-state index < -0.39 is 29.6 Å². The first-order chi connectivity index (χ1) is 8.58. The van der Waals surface area contributed by atoms with E-state index in [2.05, 4.69) is 0 Å². The molecule has 0 N–H and O–H groups in total. The first-order valence-corrected chi connectivity index (χ1v) is 8.43. The Hall–Kier alpha value is 1.44. The number of epoxide rings is 1. The Balaban J connectivity index is 1.81. The van der Waals surface area contributed by atoms with Crippen LogP contribution in [0.3, 0.4) is 0 Å². The van der Waals surface area contributed by atoms with Crippen molar-refractivity contribution in [2.45, 2.75) is 55.3 Å². The summed E-state index contributed by atoms with van der Waals surface area (Å²) in [6.45, 7) is 0. The van der Waals surface area contributed by atoms with Gasteiger partial charge in [0.05, 0.1) is 19.5 Å².